The Morgan fingerprint density at radius 3 is 2.38 bits per heavy atom. The Morgan fingerprint density at radius 1 is 1.19 bits per heavy atom. The second-order valence-corrected chi connectivity index (χ2v) is 5.20. The van der Waals surface area contributed by atoms with Crippen molar-refractivity contribution in [2.24, 2.45) is 5.92 Å². The number of hydrogen-bond donors (Lipinski definition) is 0. The quantitative estimate of drug-likeness (QED) is 0.795. The smallest absolute Gasteiger partial charge is 0.308 e. The van der Waals surface area contributed by atoms with Gasteiger partial charge in [0.15, 0.2) is 6.10 Å². The number of rotatable bonds is 4. The van der Waals surface area contributed by atoms with E-state index in [0.29, 0.717) is 31.7 Å². The van der Waals surface area contributed by atoms with Crippen LogP contribution in [-0.2, 0) is 14.3 Å². The van der Waals surface area contributed by atoms with Crippen molar-refractivity contribution >= 4 is 11.9 Å². The summed E-state index contributed by atoms with van der Waals surface area (Å²) in [5.41, 5.74) is 0. The second-order valence-electron chi connectivity index (χ2n) is 5.20. The van der Waals surface area contributed by atoms with Crippen molar-refractivity contribution in [2.75, 3.05) is 20.2 Å². The fourth-order valence-corrected chi connectivity index (χ4v) is 2.51. The number of esters is 1. The first-order valence-corrected chi connectivity index (χ1v) is 7.20. The van der Waals surface area contributed by atoms with E-state index in [-0.39, 0.29) is 17.8 Å². The van der Waals surface area contributed by atoms with Crippen LogP contribution in [0.15, 0.2) is 30.3 Å². The summed E-state index contributed by atoms with van der Waals surface area (Å²) >= 11 is 0. The van der Waals surface area contributed by atoms with Gasteiger partial charge in [0.05, 0.1) is 13.0 Å². The number of nitrogens with zero attached hydrogens (tertiary/aromatic N) is 1. The molecule has 0 saturated carbocycles. The van der Waals surface area contributed by atoms with E-state index in [9.17, 15) is 9.59 Å². The van der Waals surface area contributed by atoms with E-state index in [4.69, 9.17) is 9.47 Å². The van der Waals surface area contributed by atoms with Gasteiger partial charge >= 0.3 is 5.97 Å². The van der Waals surface area contributed by atoms with E-state index in [1.54, 1.807) is 11.8 Å². The lowest BCUT2D eigenvalue weighted by Crippen LogP contribution is -2.45. The summed E-state index contributed by atoms with van der Waals surface area (Å²) < 4.78 is 10.4. The van der Waals surface area contributed by atoms with Crippen LogP contribution in [0.1, 0.15) is 19.8 Å². The summed E-state index contributed by atoms with van der Waals surface area (Å²) in [5.74, 6) is 0.366. The summed E-state index contributed by atoms with van der Waals surface area (Å²) in [4.78, 5) is 25.6. The van der Waals surface area contributed by atoms with Crippen LogP contribution in [0.25, 0.3) is 0 Å². The minimum atomic E-state index is -0.526. The molecule has 1 aliphatic rings. The highest BCUT2D eigenvalue weighted by molar-refractivity contribution is 5.81. The molecule has 0 N–H and O–H groups in total. The Kier molecular flexibility index (Phi) is 5.20. The van der Waals surface area contributed by atoms with Gasteiger partial charge in [-0.05, 0) is 31.9 Å². The molecule has 1 aliphatic heterocycles. The molecule has 1 atom stereocenters. The molecule has 0 aromatic heterocycles. The molecule has 1 heterocycles. The molecule has 1 aromatic rings. The fraction of sp³-hybridized carbons (Fsp3) is 0.500. The molecule has 0 unspecified atom stereocenters. The SMILES string of the molecule is COC(=O)C1CCN(C(=O)[C@H](C)Oc2ccccc2)CC1. The third-order valence-electron chi connectivity index (χ3n) is 3.74. The standard InChI is InChI=1S/C16H21NO4/c1-12(21-14-6-4-3-5-7-14)15(18)17-10-8-13(9-11-17)16(19)20-2/h3-7,12-13H,8-11H2,1-2H3/t12-/m0/s1. The van der Waals surface area contributed by atoms with Crippen molar-refractivity contribution in [1.29, 1.82) is 0 Å². The van der Waals surface area contributed by atoms with Gasteiger partial charge in [0.1, 0.15) is 5.75 Å². The van der Waals surface area contributed by atoms with Crippen molar-refractivity contribution in [1.82, 2.24) is 4.90 Å². The molecule has 0 radical (unpaired) electrons. The van der Waals surface area contributed by atoms with E-state index in [0.717, 1.165) is 0 Å². The molecular weight excluding hydrogens is 270 g/mol. The topological polar surface area (TPSA) is 55.8 Å². The maximum absolute atomic E-state index is 12.3. The molecule has 21 heavy (non-hydrogen) atoms. The highest BCUT2D eigenvalue weighted by atomic mass is 16.5. The summed E-state index contributed by atoms with van der Waals surface area (Å²) in [5, 5.41) is 0. The number of amides is 1. The summed E-state index contributed by atoms with van der Waals surface area (Å²) in [6.45, 7) is 2.89. The number of para-hydroxylation sites is 1. The van der Waals surface area contributed by atoms with Crippen molar-refractivity contribution in [3.63, 3.8) is 0 Å². The van der Waals surface area contributed by atoms with Crippen LogP contribution in [-0.4, -0.2) is 43.1 Å². The Labute approximate surface area is 124 Å². The lowest BCUT2D eigenvalue weighted by Gasteiger charge is -2.32. The van der Waals surface area contributed by atoms with Crippen molar-refractivity contribution in [2.45, 2.75) is 25.9 Å². The van der Waals surface area contributed by atoms with Crippen LogP contribution in [0.2, 0.25) is 0 Å². The first-order valence-electron chi connectivity index (χ1n) is 7.20. The normalized spacial score (nSPS) is 17.1. The molecule has 1 amide bonds. The second kappa shape index (κ2) is 7.11. The molecule has 1 saturated heterocycles. The van der Waals surface area contributed by atoms with Crippen LogP contribution in [0, 0.1) is 5.92 Å². The van der Waals surface area contributed by atoms with E-state index in [1.807, 2.05) is 30.3 Å². The molecule has 1 aromatic carbocycles. The molecule has 0 bridgehead atoms. The average Bonchev–Trinajstić information content (AvgIpc) is 2.54. The number of likely N-dealkylation sites (tertiary alicyclic amines) is 1. The maximum Gasteiger partial charge on any atom is 0.308 e. The minimum Gasteiger partial charge on any atom is -0.481 e. The molecule has 5 nitrogen and oxygen atoms in total. The zero-order valence-corrected chi connectivity index (χ0v) is 12.5. The van der Waals surface area contributed by atoms with Crippen molar-refractivity contribution in [3.05, 3.63) is 30.3 Å². The van der Waals surface area contributed by atoms with Gasteiger partial charge < -0.3 is 14.4 Å². The number of carbonyl (C=O) groups is 2. The third-order valence-corrected chi connectivity index (χ3v) is 3.74. The molecule has 0 spiro atoms. The van der Waals surface area contributed by atoms with Gasteiger partial charge in [-0.1, -0.05) is 18.2 Å². The van der Waals surface area contributed by atoms with E-state index >= 15 is 0 Å². The van der Waals surface area contributed by atoms with Gasteiger partial charge in [-0.3, -0.25) is 9.59 Å². The summed E-state index contributed by atoms with van der Waals surface area (Å²) in [7, 11) is 1.40. The molecule has 1 fully saturated rings. The number of hydrogen-bond acceptors (Lipinski definition) is 4. The Balaban J connectivity index is 1.85. The van der Waals surface area contributed by atoms with Gasteiger partial charge in [0.25, 0.3) is 5.91 Å². The van der Waals surface area contributed by atoms with Gasteiger partial charge in [0, 0.05) is 13.1 Å². The lowest BCUT2D eigenvalue weighted by molar-refractivity contribution is -0.150. The molecular formula is C16H21NO4. The Hall–Kier alpha value is -2.04. The molecule has 5 heteroatoms. The molecule has 2 rings (SSSR count). The van der Waals surface area contributed by atoms with Crippen LogP contribution in [0.3, 0.4) is 0 Å². The zero-order chi connectivity index (χ0) is 15.2. The number of methoxy groups -OCH3 is 1. The summed E-state index contributed by atoms with van der Waals surface area (Å²) in [6, 6.07) is 9.29. The van der Waals surface area contributed by atoms with Crippen molar-refractivity contribution < 1.29 is 19.1 Å². The first-order chi connectivity index (χ1) is 10.1. The van der Waals surface area contributed by atoms with Gasteiger partial charge in [-0.25, -0.2) is 0 Å². The van der Waals surface area contributed by atoms with Gasteiger partial charge in [-0.15, -0.1) is 0 Å². The Bertz CT molecular complexity index is 480. The molecule has 0 aliphatic carbocycles. The largest absolute Gasteiger partial charge is 0.481 e. The number of carbonyl (C=O) groups excluding carboxylic acids is 2. The third kappa shape index (κ3) is 3.97. The lowest BCUT2D eigenvalue weighted by atomic mass is 9.97. The van der Waals surface area contributed by atoms with E-state index < -0.39 is 6.10 Å². The van der Waals surface area contributed by atoms with E-state index in [1.165, 1.54) is 7.11 Å². The minimum absolute atomic E-state index is 0.0397. The number of piperidine rings is 1. The highest BCUT2D eigenvalue weighted by Crippen LogP contribution is 2.20. The monoisotopic (exact) mass is 291 g/mol. The zero-order valence-electron chi connectivity index (χ0n) is 12.5. The highest BCUT2D eigenvalue weighted by Gasteiger charge is 2.30. The van der Waals surface area contributed by atoms with E-state index in [2.05, 4.69) is 0 Å². The van der Waals surface area contributed by atoms with Crippen molar-refractivity contribution in [3.8, 4) is 5.75 Å². The van der Waals surface area contributed by atoms with Gasteiger partial charge in [-0.2, -0.15) is 0 Å². The van der Waals surface area contributed by atoms with Crippen LogP contribution in [0.4, 0.5) is 0 Å². The maximum atomic E-state index is 12.3. The van der Waals surface area contributed by atoms with Crippen LogP contribution >= 0.6 is 0 Å². The van der Waals surface area contributed by atoms with Gasteiger partial charge in [0.2, 0.25) is 0 Å². The molecule has 114 valence electrons. The fourth-order valence-electron chi connectivity index (χ4n) is 2.51. The predicted octanol–water partition coefficient (Wildman–Crippen LogP) is 1.87. The predicted molar refractivity (Wildman–Crippen MR) is 77.9 cm³/mol. The number of ether oxygens (including phenoxy) is 2. The van der Waals surface area contributed by atoms with Crippen LogP contribution < -0.4 is 4.74 Å². The Morgan fingerprint density at radius 2 is 1.81 bits per heavy atom. The average molecular weight is 291 g/mol. The first kappa shape index (κ1) is 15.4. The summed E-state index contributed by atoms with van der Waals surface area (Å²) in [6.07, 6.45) is 0.773. The van der Waals surface area contributed by atoms with Crippen LogP contribution in [0.5, 0.6) is 5.75 Å². The number of benzene rings is 1.